The molecule has 0 bridgehead atoms. The van der Waals surface area contributed by atoms with Gasteiger partial charge in [-0.15, -0.1) is 0 Å². The van der Waals surface area contributed by atoms with Crippen LogP contribution in [0, 0.1) is 35.5 Å². The monoisotopic (exact) mass is 562 g/mol. The normalized spacial score (nSPS) is 34.4. The largest absolute Gasteiger partial charge is 0.409 e. The fourth-order valence-corrected chi connectivity index (χ4v) is 12.9. The summed E-state index contributed by atoms with van der Waals surface area (Å²) in [5.41, 5.74) is -0.183. The summed E-state index contributed by atoms with van der Waals surface area (Å²) in [5, 5.41) is 0. The van der Waals surface area contributed by atoms with E-state index in [9.17, 15) is 0 Å². The maximum atomic E-state index is 8.12. The van der Waals surface area contributed by atoms with Gasteiger partial charge in [0.25, 0.3) is 0 Å². The first-order chi connectivity index (χ1) is 17.9. The molecule has 0 radical (unpaired) electrons. The third-order valence-electron chi connectivity index (χ3n) is 11.2. The number of rotatable bonds is 9. The highest BCUT2D eigenvalue weighted by Crippen LogP contribution is 2.62. The molecule has 0 heterocycles. The van der Waals surface area contributed by atoms with E-state index in [1.165, 1.54) is 116 Å². The van der Waals surface area contributed by atoms with Crippen LogP contribution in [0.3, 0.4) is 0 Å². The van der Waals surface area contributed by atoms with Gasteiger partial charge >= 0.3 is 0 Å². The first kappa shape index (κ1) is 31.3. The lowest BCUT2D eigenvalue weighted by atomic mass is 9.50. The molecule has 4 rings (SSSR count). The number of hydrogen-bond acceptors (Lipinski definition) is 2. The second kappa shape index (κ2) is 12.7. The molecule has 38 heavy (non-hydrogen) atoms. The van der Waals surface area contributed by atoms with Gasteiger partial charge in [0.05, 0.1) is 11.2 Å². The molecule has 4 saturated carbocycles. The Morgan fingerprint density at radius 1 is 0.395 bits per heavy atom. The first-order valence-electron chi connectivity index (χ1n) is 17.3. The molecule has 0 saturated heterocycles. The average molecular weight is 563 g/mol. The SMILES string of the molecule is CC1CCC(C(O[Si](C)(C)C)(C2CCCCC2)C(O[Si](C)(C)C)(C2CCCCC2)C2CCC(C)CC2)CC1. The van der Waals surface area contributed by atoms with Crippen LogP contribution in [0.5, 0.6) is 0 Å². The van der Waals surface area contributed by atoms with Crippen LogP contribution >= 0.6 is 0 Å². The van der Waals surface area contributed by atoms with Crippen LogP contribution in [-0.4, -0.2) is 27.8 Å². The molecular formula is C34H66O2Si2. The van der Waals surface area contributed by atoms with Gasteiger partial charge in [0.15, 0.2) is 16.6 Å². The fraction of sp³-hybridized carbons (Fsp3) is 1.00. The number of hydrogen-bond donors (Lipinski definition) is 0. The lowest BCUT2D eigenvalue weighted by Crippen LogP contribution is -2.75. The van der Waals surface area contributed by atoms with Crippen LogP contribution in [0.15, 0.2) is 0 Å². The Kier molecular flexibility index (Phi) is 10.5. The summed E-state index contributed by atoms with van der Waals surface area (Å²) in [6.07, 6.45) is 25.0. The molecule has 0 aliphatic heterocycles. The summed E-state index contributed by atoms with van der Waals surface area (Å²) in [6, 6.07) is 0. The maximum Gasteiger partial charge on any atom is 0.184 e. The fourth-order valence-electron chi connectivity index (χ4n) is 9.89. The molecule has 0 amide bonds. The van der Waals surface area contributed by atoms with E-state index in [2.05, 4.69) is 53.1 Å². The van der Waals surface area contributed by atoms with E-state index in [4.69, 9.17) is 8.85 Å². The van der Waals surface area contributed by atoms with Gasteiger partial charge in [-0.2, -0.15) is 0 Å². The van der Waals surface area contributed by atoms with Gasteiger partial charge in [0.2, 0.25) is 0 Å². The smallest absolute Gasteiger partial charge is 0.184 e. The van der Waals surface area contributed by atoms with Crippen LogP contribution in [0.4, 0.5) is 0 Å². The van der Waals surface area contributed by atoms with Crippen molar-refractivity contribution in [1.82, 2.24) is 0 Å². The second-order valence-electron chi connectivity index (χ2n) is 16.6. The van der Waals surface area contributed by atoms with Crippen molar-refractivity contribution in [2.75, 3.05) is 0 Å². The quantitative estimate of drug-likeness (QED) is 0.260. The van der Waals surface area contributed by atoms with Crippen molar-refractivity contribution in [2.45, 2.75) is 180 Å². The van der Waals surface area contributed by atoms with E-state index in [0.717, 1.165) is 11.8 Å². The van der Waals surface area contributed by atoms with Crippen LogP contribution in [-0.2, 0) is 8.85 Å². The van der Waals surface area contributed by atoms with Gasteiger partial charge < -0.3 is 8.85 Å². The summed E-state index contributed by atoms with van der Waals surface area (Å²) in [5.74, 6) is 4.45. The van der Waals surface area contributed by atoms with E-state index >= 15 is 0 Å². The van der Waals surface area contributed by atoms with E-state index in [0.29, 0.717) is 23.7 Å². The predicted molar refractivity (Wildman–Crippen MR) is 170 cm³/mol. The molecule has 4 aliphatic carbocycles. The minimum absolute atomic E-state index is 0.0917. The molecule has 4 fully saturated rings. The molecular weight excluding hydrogens is 497 g/mol. The molecule has 0 spiro atoms. The Morgan fingerprint density at radius 3 is 0.921 bits per heavy atom. The van der Waals surface area contributed by atoms with Gasteiger partial charge in [-0.3, -0.25) is 0 Å². The van der Waals surface area contributed by atoms with Crippen LogP contribution < -0.4 is 0 Å². The van der Waals surface area contributed by atoms with Crippen molar-refractivity contribution in [2.24, 2.45) is 35.5 Å². The lowest BCUT2D eigenvalue weighted by Gasteiger charge is -2.68. The van der Waals surface area contributed by atoms with Gasteiger partial charge in [-0.25, -0.2) is 0 Å². The molecule has 0 aromatic rings. The van der Waals surface area contributed by atoms with E-state index in [-0.39, 0.29) is 11.2 Å². The molecule has 4 aliphatic rings. The Balaban J connectivity index is 1.99. The summed E-state index contributed by atoms with van der Waals surface area (Å²) in [7, 11) is -3.74. The van der Waals surface area contributed by atoms with Crippen molar-refractivity contribution in [3.8, 4) is 0 Å². The van der Waals surface area contributed by atoms with Crippen molar-refractivity contribution < 1.29 is 8.85 Å². The van der Waals surface area contributed by atoms with Crippen LogP contribution in [0.2, 0.25) is 39.3 Å². The molecule has 222 valence electrons. The van der Waals surface area contributed by atoms with Gasteiger partial charge in [0, 0.05) is 0 Å². The highest BCUT2D eigenvalue weighted by atomic mass is 28.4. The minimum atomic E-state index is -1.87. The third-order valence-corrected chi connectivity index (χ3v) is 13.1. The maximum absolute atomic E-state index is 8.12. The van der Waals surface area contributed by atoms with Gasteiger partial charge in [-0.1, -0.05) is 78.1 Å². The molecule has 2 atom stereocenters. The second-order valence-corrected chi connectivity index (χ2v) is 25.5. The summed E-state index contributed by atoms with van der Waals surface area (Å²) in [6.45, 7) is 20.1. The summed E-state index contributed by atoms with van der Waals surface area (Å²) in [4.78, 5) is 0. The lowest BCUT2D eigenvalue weighted by molar-refractivity contribution is -0.255. The summed E-state index contributed by atoms with van der Waals surface area (Å²) >= 11 is 0. The van der Waals surface area contributed by atoms with Crippen LogP contribution in [0.1, 0.15) is 129 Å². The topological polar surface area (TPSA) is 18.5 Å². The molecule has 0 aromatic heterocycles. The van der Waals surface area contributed by atoms with Gasteiger partial charge in [0.1, 0.15) is 0 Å². The van der Waals surface area contributed by atoms with Crippen LogP contribution in [0.25, 0.3) is 0 Å². The van der Waals surface area contributed by atoms with Gasteiger partial charge in [-0.05, 0) is 126 Å². The van der Waals surface area contributed by atoms with Crippen molar-refractivity contribution in [3.05, 3.63) is 0 Å². The zero-order valence-corrected chi connectivity index (χ0v) is 29.0. The molecule has 0 aromatic carbocycles. The van der Waals surface area contributed by atoms with Crippen molar-refractivity contribution in [3.63, 3.8) is 0 Å². The van der Waals surface area contributed by atoms with E-state index in [1.54, 1.807) is 0 Å². The Labute approximate surface area is 240 Å². The first-order valence-corrected chi connectivity index (χ1v) is 24.1. The molecule has 0 N–H and O–H groups in total. The predicted octanol–water partition coefficient (Wildman–Crippen LogP) is 11.0. The Morgan fingerprint density at radius 2 is 0.658 bits per heavy atom. The Hall–Kier alpha value is 0.354. The van der Waals surface area contributed by atoms with E-state index < -0.39 is 16.6 Å². The average Bonchev–Trinajstić information content (AvgIpc) is 2.87. The highest BCUT2D eigenvalue weighted by molar-refractivity contribution is 6.70. The zero-order chi connectivity index (χ0) is 27.6. The third kappa shape index (κ3) is 6.87. The highest BCUT2D eigenvalue weighted by Gasteiger charge is 2.68. The van der Waals surface area contributed by atoms with E-state index in [1.807, 2.05) is 0 Å². The zero-order valence-electron chi connectivity index (χ0n) is 27.0. The molecule has 2 nitrogen and oxygen atoms in total. The standard InChI is InChI=1S/C34H66O2Si2/c1-27-19-23-31(24-20-27)33(35-37(3,4)5,29-15-11-9-12-16-29)34(36-38(6,7)8,30-17-13-10-14-18-30)32-25-21-28(2)22-26-32/h27-32H,9-26H2,1-8H3. The van der Waals surface area contributed by atoms with Crippen molar-refractivity contribution in [1.29, 1.82) is 0 Å². The van der Waals surface area contributed by atoms with Crippen molar-refractivity contribution >= 4 is 16.6 Å². The molecule has 4 heteroatoms. The Bertz CT molecular complexity index is 652. The molecule has 2 unspecified atom stereocenters. The minimum Gasteiger partial charge on any atom is -0.409 e. The summed E-state index contributed by atoms with van der Waals surface area (Å²) < 4.78 is 16.2.